The maximum absolute atomic E-state index is 5.38. The Kier molecular flexibility index (Phi) is 6.73. The highest BCUT2D eigenvalue weighted by molar-refractivity contribution is 8.10. The van der Waals surface area contributed by atoms with Crippen molar-refractivity contribution in [3.8, 4) is 0 Å². The van der Waals surface area contributed by atoms with E-state index in [1.54, 1.807) is 0 Å². The molecular formula is C9H19NOS2. The molecule has 0 aliphatic rings. The van der Waals surface area contributed by atoms with Crippen molar-refractivity contribution in [2.75, 3.05) is 0 Å². The SMILES string of the molecule is CCC(C)N(OC(=S)S)C(C)CC. The molecule has 0 N–H and O–H groups in total. The molecule has 4 heteroatoms. The number of hydrogen-bond donors (Lipinski definition) is 1. The first kappa shape index (κ1) is 13.2. The second-order valence-electron chi connectivity index (χ2n) is 3.23. The zero-order valence-electron chi connectivity index (χ0n) is 8.78. The van der Waals surface area contributed by atoms with Crippen LogP contribution in [0.2, 0.25) is 0 Å². The lowest BCUT2D eigenvalue weighted by atomic mass is 10.2. The van der Waals surface area contributed by atoms with E-state index < -0.39 is 0 Å². The van der Waals surface area contributed by atoms with Gasteiger partial charge in [-0.3, -0.25) is 0 Å². The predicted molar refractivity (Wildman–Crippen MR) is 64.0 cm³/mol. The van der Waals surface area contributed by atoms with Gasteiger partial charge in [0.25, 0.3) is 0 Å². The van der Waals surface area contributed by atoms with Crippen LogP contribution in [0.15, 0.2) is 0 Å². The highest BCUT2D eigenvalue weighted by atomic mass is 32.1. The van der Waals surface area contributed by atoms with E-state index in [9.17, 15) is 0 Å². The Morgan fingerprint density at radius 3 is 1.92 bits per heavy atom. The molecule has 78 valence electrons. The average Bonchev–Trinajstić information content (AvgIpc) is 2.11. The summed E-state index contributed by atoms with van der Waals surface area (Å²) in [6, 6.07) is 0.750. The van der Waals surface area contributed by atoms with Crippen LogP contribution in [0, 0.1) is 0 Å². The molecule has 0 aliphatic carbocycles. The van der Waals surface area contributed by atoms with E-state index in [1.165, 1.54) is 0 Å². The Labute approximate surface area is 92.0 Å². The summed E-state index contributed by atoms with van der Waals surface area (Å²) in [4.78, 5) is 5.38. The van der Waals surface area contributed by atoms with Gasteiger partial charge in [0.1, 0.15) is 0 Å². The highest BCUT2D eigenvalue weighted by Crippen LogP contribution is 2.13. The molecule has 0 aliphatic heterocycles. The molecule has 2 nitrogen and oxygen atoms in total. The van der Waals surface area contributed by atoms with Crippen molar-refractivity contribution < 1.29 is 4.84 Å². The summed E-state index contributed by atoms with van der Waals surface area (Å²) in [6.07, 6.45) is 2.08. The van der Waals surface area contributed by atoms with Gasteiger partial charge in [-0.05, 0) is 38.9 Å². The van der Waals surface area contributed by atoms with E-state index in [-0.39, 0.29) is 0 Å². The number of hydroxylamine groups is 2. The number of rotatable bonds is 5. The van der Waals surface area contributed by atoms with E-state index in [0.717, 1.165) is 12.8 Å². The Balaban J connectivity index is 4.26. The number of thiocarbonyl (C=S) groups is 1. The minimum atomic E-state index is 0.292. The molecule has 0 heterocycles. The average molecular weight is 221 g/mol. The molecule has 2 atom stereocenters. The standard InChI is InChI=1S/C9H19NOS2/c1-5-7(3)10(8(4)6-2)11-9(12)13/h7-8H,5-6H2,1-4H3,(H,12,13). The Hall–Kier alpha value is 0.200. The Morgan fingerprint density at radius 2 is 1.69 bits per heavy atom. The minimum Gasteiger partial charge on any atom is -0.387 e. The van der Waals surface area contributed by atoms with Gasteiger partial charge in [-0.25, -0.2) is 0 Å². The van der Waals surface area contributed by atoms with Crippen LogP contribution in [0.5, 0.6) is 0 Å². The molecule has 0 radical (unpaired) electrons. The number of nitrogens with zero attached hydrogens (tertiary/aromatic N) is 1. The minimum absolute atomic E-state index is 0.292. The maximum Gasteiger partial charge on any atom is 0.242 e. The van der Waals surface area contributed by atoms with Gasteiger partial charge in [-0.1, -0.05) is 26.5 Å². The van der Waals surface area contributed by atoms with Crippen molar-refractivity contribution in [2.45, 2.75) is 52.6 Å². The van der Waals surface area contributed by atoms with Crippen LogP contribution in [0.25, 0.3) is 0 Å². The topological polar surface area (TPSA) is 12.5 Å². The highest BCUT2D eigenvalue weighted by Gasteiger charge is 2.19. The molecule has 0 aromatic heterocycles. The van der Waals surface area contributed by atoms with E-state index in [1.807, 2.05) is 5.06 Å². The molecule has 0 fully saturated rings. The zero-order chi connectivity index (χ0) is 10.4. The summed E-state index contributed by atoms with van der Waals surface area (Å²) in [5.74, 6) is 0. The van der Waals surface area contributed by atoms with Gasteiger partial charge in [-0.15, -0.1) is 5.06 Å². The lowest BCUT2D eigenvalue weighted by molar-refractivity contribution is -0.129. The van der Waals surface area contributed by atoms with E-state index >= 15 is 0 Å². The van der Waals surface area contributed by atoms with Gasteiger partial charge in [-0.2, -0.15) is 0 Å². The lowest BCUT2D eigenvalue weighted by Gasteiger charge is -2.31. The molecule has 13 heavy (non-hydrogen) atoms. The van der Waals surface area contributed by atoms with Crippen molar-refractivity contribution >= 4 is 29.2 Å². The molecule has 0 bridgehead atoms. The van der Waals surface area contributed by atoms with Crippen LogP contribution in [0.1, 0.15) is 40.5 Å². The fourth-order valence-corrected chi connectivity index (χ4v) is 1.24. The van der Waals surface area contributed by atoms with Crippen LogP contribution >= 0.6 is 24.8 Å². The van der Waals surface area contributed by atoms with Gasteiger partial charge >= 0.3 is 0 Å². The number of thiol groups is 1. The van der Waals surface area contributed by atoms with Crippen molar-refractivity contribution in [3.05, 3.63) is 0 Å². The van der Waals surface area contributed by atoms with Crippen LogP contribution in [-0.2, 0) is 4.84 Å². The third kappa shape index (κ3) is 4.84. The normalized spacial score (nSPS) is 15.5. The molecule has 0 saturated heterocycles. The lowest BCUT2D eigenvalue weighted by Crippen LogP contribution is -2.40. The first-order valence-electron chi connectivity index (χ1n) is 4.72. The van der Waals surface area contributed by atoms with Gasteiger partial charge in [0.05, 0.1) is 0 Å². The van der Waals surface area contributed by atoms with Crippen LogP contribution < -0.4 is 0 Å². The summed E-state index contributed by atoms with van der Waals surface area (Å²) in [7, 11) is 0. The summed E-state index contributed by atoms with van der Waals surface area (Å²) in [5, 5.41) is 1.93. The Morgan fingerprint density at radius 1 is 1.31 bits per heavy atom. The van der Waals surface area contributed by atoms with Crippen molar-refractivity contribution in [3.63, 3.8) is 0 Å². The summed E-state index contributed by atoms with van der Waals surface area (Å²) in [5.41, 5.74) is 0. The molecule has 0 saturated carbocycles. The van der Waals surface area contributed by atoms with E-state index in [4.69, 9.17) is 17.1 Å². The molecule has 0 spiro atoms. The van der Waals surface area contributed by atoms with Crippen LogP contribution in [0.3, 0.4) is 0 Å². The third-order valence-corrected chi connectivity index (χ3v) is 2.39. The molecule has 0 amide bonds. The van der Waals surface area contributed by atoms with Crippen molar-refractivity contribution in [1.82, 2.24) is 5.06 Å². The van der Waals surface area contributed by atoms with E-state index in [2.05, 4.69) is 40.3 Å². The number of hydrogen-bond acceptors (Lipinski definition) is 3. The predicted octanol–water partition coefficient (Wildman–Crippen LogP) is 3.03. The summed E-state index contributed by atoms with van der Waals surface area (Å²) < 4.78 is 0.292. The third-order valence-electron chi connectivity index (χ3n) is 2.23. The van der Waals surface area contributed by atoms with Gasteiger partial charge < -0.3 is 4.84 Å². The second kappa shape index (κ2) is 6.62. The van der Waals surface area contributed by atoms with Gasteiger partial charge in [0.15, 0.2) is 0 Å². The smallest absolute Gasteiger partial charge is 0.242 e. The molecule has 0 aromatic rings. The fraction of sp³-hybridized carbons (Fsp3) is 0.889. The van der Waals surface area contributed by atoms with Gasteiger partial charge in [0, 0.05) is 12.1 Å². The second-order valence-corrected chi connectivity index (χ2v) is 4.31. The van der Waals surface area contributed by atoms with Crippen LogP contribution in [0.4, 0.5) is 0 Å². The van der Waals surface area contributed by atoms with Crippen molar-refractivity contribution in [1.29, 1.82) is 0 Å². The maximum atomic E-state index is 5.38. The molecule has 0 aromatic carbocycles. The first-order valence-corrected chi connectivity index (χ1v) is 5.57. The van der Waals surface area contributed by atoms with Crippen LogP contribution in [-0.4, -0.2) is 21.5 Å². The molecule has 0 rings (SSSR count). The largest absolute Gasteiger partial charge is 0.387 e. The zero-order valence-corrected chi connectivity index (χ0v) is 10.5. The van der Waals surface area contributed by atoms with E-state index in [0.29, 0.717) is 16.5 Å². The van der Waals surface area contributed by atoms with Gasteiger partial charge in [0.2, 0.25) is 4.38 Å². The fourth-order valence-electron chi connectivity index (χ4n) is 1.06. The molecular weight excluding hydrogens is 202 g/mol. The Bertz CT molecular complexity index is 154. The summed E-state index contributed by atoms with van der Waals surface area (Å²) >= 11 is 8.78. The van der Waals surface area contributed by atoms with Crippen molar-refractivity contribution in [2.24, 2.45) is 0 Å². The monoisotopic (exact) mass is 221 g/mol. The molecule has 2 unspecified atom stereocenters. The summed E-state index contributed by atoms with van der Waals surface area (Å²) in [6.45, 7) is 8.51. The quantitative estimate of drug-likeness (QED) is 0.435. The first-order chi connectivity index (χ1) is 6.02.